The van der Waals surface area contributed by atoms with Gasteiger partial charge in [-0.2, -0.15) is 0 Å². The highest BCUT2D eigenvalue weighted by Gasteiger charge is 2.29. The van der Waals surface area contributed by atoms with Crippen molar-refractivity contribution in [3.8, 4) is 0 Å². The summed E-state index contributed by atoms with van der Waals surface area (Å²) in [6.07, 6.45) is 0. The number of aromatic nitrogens is 3. The lowest BCUT2D eigenvalue weighted by Crippen LogP contribution is -2.22. The summed E-state index contributed by atoms with van der Waals surface area (Å²) in [6.45, 7) is 1.54. The van der Waals surface area contributed by atoms with Crippen LogP contribution in [0.3, 0.4) is 0 Å². The Bertz CT molecular complexity index is 1240. The predicted octanol–water partition coefficient (Wildman–Crippen LogP) is 1.98. The summed E-state index contributed by atoms with van der Waals surface area (Å²) in [6, 6.07) is 11.3. The fourth-order valence-electron chi connectivity index (χ4n) is 2.95. The number of aromatic amines is 1. The van der Waals surface area contributed by atoms with Gasteiger partial charge >= 0.3 is 0 Å². The molecular weight excluding hydrogens is 392 g/mol. The van der Waals surface area contributed by atoms with Crippen molar-refractivity contribution in [1.29, 1.82) is 0 Å². The van der Waals surface area contributed by atoms with Crippen LogP contribution in [0.15, 0.2) is 52.4 Å². The Labute approximate surface area is 168 Å². The van der Waals surface area contributed by atoms with Gasteiger partial charge in [0.2, 0.25) is 5.91 Å². The number of carbonyl (C=O) groups is 3. The van der Waals surface area contributed by atoms with Crippen molar-refractivity contribution in [2.45, 2.75) is 12.1 Å². The summed E-state index contributed by atoms with van der Waals surface area (Å²) in [7, 11) is 0. The predicted molar refractivity (Wildman–Crippen MR) is 106 cm³/mol. The number of amides is 1. The summed E-state index contributed by atoms with van der Waals surface area (Å²) in [5, 5.41) is 10.4. The van der Waals surface area contributed by atoms with Crippen molar-refractivity contribution in [3.63, 3.8) is 0 Å². The monoisotopic (exact) mass is 406 g/mol. The first-order chi connectivity index (χ1) is 13.9. The van der Waals surface area contributed by atoms with Gasteiger partial charge in [-0.05, 0) is 25.1 Å². The Kier molecular flexibility index (Phi) is 4.81. The third-order valence-electron chi connectivity index (χ3n) is 4.39. The van der Waals surface area contributed by atoms with Crippen LogP contribution >= 0.6 is 11.8 Å². The summed E-state index contributed by atoms with van der Waals surface area (Å²) in [4.78, 5) is 51.6. The lowest BCUT2D eigenvalue weighted by molar-refractivity contribution is -0.113. The number of carbonyl (C=O) groups excluding carboxylic acids is 3. The SMILES string of the molecule is Cc1nnc(SCC(=O)Nc2ccc3c(c2)C(=O)c2ccccc2C3=O)[nH]c1=O. The number of aryl methyl sites for hydroxylation is 1. The van der Waals surface area contributed by atoms with Crippen LogP contribution in [0.1, 0.15) is 37.5 Å². The molecule has 1 aliphatic rings. The number of benzene rings is 2. The van der Waals surface area contributed by atoms with Crippen LogP contribution in [0.2, 0.25) is 0 Å². The second-order valence-corrected chi connectivity index (χ2v) is 7.31. The third kappa shape index (κ3) is 3.59. The fraction of sp³-hybridized carbons (Fsp3) is 0.100. The molecule has 0 bridgehead atoms. The van der Waals surface area contributed by atoms with Gasteiger partial charge in [-0.1, -0.05) is 36.0 Å². The minimum Gasteiger partial charge on any atom is -0.325 e. The van der Waals surface area contributed by atoms with Gasteiger partial charge in [0, 0.05) is 27.9 Å². The average molecular weight is 406 g/mol. The zero-order valence-electron chi connectivity index (χ0n) is 15.2. The molecule has 0 spiro atoms. The van der Waals surface area contributed by atoms with E-state index >= 15 is 0 Å². The largest absolute Gasteiger partial charge is 0.325 e. The molecule has 1 amide bonds. The normalized spacial score (nSPS) is 12.3. The molecule has 0 fully saturated rings. The number of hydrogen-bond acceptors (Lipinski definition) is 7. The highest BCUT2D eigenvalue weighted by molar-refractivity contribution is 7.99. The number of hydrogen-bond donors (Lipinski definition) is 2. The Hall–Kier alpha value is -3.59. The van der Waals surface area contributed by atoms with E-state index in [1.54, 1.807) is 30.3 Å². The maximum atomic E-state index is 12.7. The molecule has 2 N–H and O–H groups in total. The van der Waals surface area contributed by atoms with Crippen molar-refractivity contribution in [1.82, 2.24) is 15.2 Å². The molecule has 0 atom stereocenters. The van der Waals surface area contributed by atoms with E-state index in [4.69, 9.17) is 0 Å². The minimum atomic E-state index is -0.360. The average Bonchev–Trinajstić information content (AvgIpc) is 2.73. The maximum absolute atomic E-state index is 12.7. The van der Waals surface area contributed by atoms with Crippen LogP contribution < -0.4 is 10.9 Å². The topological polar surface area (TPSA) is 122 Å². The van der Waals surface area contributed by atoms with Crippen LogP contribution in [0.4, 0.5) is 5.69 Å². The number of thioether (sulfide) groups is 1. The van der Waals surface area contributed by atoms with Crippen LogP contribution in [-0.2, 0) is 4.79 Å². The summed E-state index contributed by atoms with van der Waals surface area (Å²) >= 11 is 1.03. The van der Waals surface area contributed by atoms with Gasteiger partial charge in [0.05, 0.1) is 5.75 Å². The molecule has 0 aliphatic heterocycles. The molecule has 1 aliphatic carbocycles. The molecule has 2 aromatic carbocycles. The van der Waals surface area contributed by atoms with E-state index < -0.39 is 0 Å². The first-order valence-electron chi connectivity index (χ1n) is 8.63. The number of anilines is 1. The fourth-order valence-corrected chi connectivity index (χ4v) is 3.55. The number of H-pyrrole nitrogens is 1. The van der Waals surface area contributed by atoms with Crippen molar-refractivity contribution in [3.05, 3.63) is 80.8 Å². The van der Waals surface area contributed by atoms with Gasteiger partial charge in [0.1, 0.15) is 5.69 Å². The van der Waals surface area contributed by atoms with Crippen LogP contribution in [-0.4, -0.2) is 38.4 Å². The Morgan fingerprint density at radius 1 is 0.966 bits per heavy atom. The van der Waals surface area contributed by atoms with Crippen molar-refractivity contribution < 1.29 is 14.4 Å². The lowest BCUT2D eigenvalue weighted by Gasteiger charge is -2.18. The van der Waals surface area contributed by atoms with Gasteiger partial charge in [-0.3, -0.25) is 24.2 Å². The molecule has 29 heavy (non-hydrogen) atoms. The highest BCUT2D eigenvalue weighted by Crippen LogP contribution is 2.29. The lowest BCUT2D eigenvalue weighted by atomic mass is 9.84. The molecule has 4 rings (SSSR count). The van der Waals surface area contributed by atoms with E-state index in [0.717, 1.165) is 11.8 Å². The van der Waals surface area contributed by atoms with Gasteiger partial charge in [0.15, 0.2) is 16.7 Å². The molecule has 0 saturated heterocycles. The molecule has 0 radical (unpaired) electrons. The van der Waals surface area contributed by atoms with E-state index in [9.17, 15) is 19.2 Å². The Morgan fingerprint density at radius 3 is 2.31 bits per heavy atom. The van der Waals surface area contributed by atoms with Crippen molar-refractivity contribution in [2.24, 2.45) is 0 Å². The number of nitrogens with one attached hydrogen (secondary N) is 2. The molecule has 8 nitrogen and oxygen atoms in total. The number of rotatable bonds is 4. The molecule has 0 unspecified atom stereocenters. The number of ketones is 2. The zero-order chi connectivity index (χ0) is 20.5. The summed E-state index contributed by atoms with van der Waals surface area (Å²) in [5.74, 6) is -0.840. The maximum Gasteiger partial charge on any atom is 0.273 e. The van der Waals surface area contributed by atoms with Crippen LogP contribution in [0, 0.1) is 6.92 Å². The van der Waals surface area contributed by atoms with E-state index in [1.165, 1.54) is 19.1 Å². The molecule has 0 saturated carbocycles. The van der Waals surface area contributed by atoms with Crippen LogP contribution in [0.25, 0.3) is 0 Å². The second-order valence-electron chi connectivity index (χ2n) is 6.35. The first kappa shape index (κ1) is 18.8. The highest BCUT2D eigenvalue weighted by atomic mass is 32.2. The van der Waals surface area contributed by atoms with Gasteiger partial charge in [-0.25, -0.2) is 0 Å². The van der Waals surface area contributed by atoms with Gasteiger partial charge < -0.3 is 5.32 Å². The molecule has 3 aromatic rings. The van der Waals surface area contributed by atoms with Gasteiger partial charge in [0.25, 0.3) is 5.56 Å². The zero-order valence-corrected chi connectivity index (χ0v) is 16.0. The molecule has 144 valence electrons. The molecular formula is C20H14N4O4S. The van der Waals surface area contributed by atoms with Gasteiger partial charge in [-0.15, -0.1) is 10.2 Å². The molecule has 1 heterocycles. The quantitative estimate of drug-likeness (QED) is 0.497. The molecule has 9 heteroatoms. The van der Waals surface area contributed by atoms with Crippen molar-refractivity contribution >= 4 is 34.9 Å². The number of fused-ring (bicyclic) bond motifs is 2. The summed E-state index contributed by atoms with van der Waals surface area (Å²) < 4.78 is 0. The van der Waals surface area contributed by atoms with E-state index in [1.807, 2.05) is 0 Å². The first-order valence-corrected chi connectivity index (χ1v) is 9.61. The number of nitrogens with zero attached hydrogens (tertiary/aromatic N) is 2. The second kappa shape index (κ2) is 7.44. The summed E-state index contributed by atoms with van der Waals surface area (Å²) in [5.41, 5.74) is 1.59. The van der Waals surface area contributed by atoms with E-state index in [0.29, 0.717) is 22.4 Å². The minimum absolute atomic E-state index is 0.0134. The van der Waals surface area contributed by atoms with E-state index in [-0.39, 0.29) is 45.2 Å². The Balaban J connectivity index is 1.50. The molecule has 1 aromatic heterocycles. The van der Waals surface area contributed by atoms with Crippen molar-refractivity contribution in [2.75, 3.05) is 11.1 Å². The Morgan fingerprint density at radius 2 is 1.62 bits per heavy atom. The third-order valence-corrected chi connectivity index (χ3v) is 5.25. The standard InChI is InChI=1S/C20H14N4O4S/c1-10-19(28)22-20(24-23-10)29-9-16(25)21-11-6-7-14-15(8-11)18(27)13-5-3-2-4-12(13)17(14)26/h2-8H,9H2,1H3,(H,21,25)(H,22,24,28). The smallest absolute Gasteiger partial charge is 0.273 e. The van der Waals surface area contributed by atoms with E-state index in [2.05, 4.69) is 20.5 Å². The van der Waals surface area contributed by atoms with Crippen LogP contribution in [0.5, 0.6) is 0 Å².